The predicted molar refractivity (Wildman–Crippen MR) is 108 cm³/mol. The Morgan fingerprint density at radius 2 is 1.19 bits per heavy atom. The van der Waals surface area contributed by atoms with Crippen LogP contribution in [0, 0.1) is 0 Å². The maximum absolute atomic E-state index is 5.39. The van der Waals surface area contributed by atoms with Gasteiger partial charge in [0.2, 0.25) is 0 Å². The normalized spacial score (nSPS) is 22.0. The second-order valence-electron chi connectivity index (χ2n) is 6.44. The Kier molecular flexibility index (Phi) is 8.14. The van der Waals surface area contributed by atoms with Crippen molar-refractivity contribution in [1.82, 2.24) is 4.98 Å². The molecule has 1 aromatic rings. The summed E-state index contributed by atoms with van der Waals surface area (Å²) in [5.41, 5.74) is 2.96. The standard InChI is InChI=1S/C21H17N5O2.2ClH.Fe/c1-27-16-10-4-6-12-18(16)25-20(23-12)14-8-3-9-15(22-14)21-24-13-7-5-11-17(28-2)19(13)26-21;;;/h3-13H,1-2H3;2*1H;/q;;;+2/p-2. The molecule has 0 aromatic carbocycles. The molecule has 160 valence electrons. The third-order valence-corrected chi connectivity index (χ3v) is 4.77. The smallest absolute Gasteiger partial charge is 1.00 e. The minimum Gasteiger partial charge on any atom is -1.00 e. The Bertz CT molecular complexity index is 1040. The van der Waals surface area contributed by atoms with Gasteiger partial charge in [-0.05, 0) is 24.3 Å². The first-order valence-corrected chi connectivity index (χ1v) is 8.93. The van der Waals surface area contributed by atoms with Gasteiger partial charge in [0, 0.05) is 0 Å². The molecule has 2 aliphatic carbocycles. The van der Waals surface area contributed by atoms with Gasteiger partial charge in [-0.2, -0.15) is 0 Å². The van der Waals surface area contributed by atoms with E-state index in [-0.39, 0.29) is 54.0 Å². The first-order valence-electron chi connectivity index (χ1n) is 8.93. The van der Waals surface area contributed by atoms with Gasteiger partial charge in [-0.3, -0.25) is 9.98 Å². The number of fused-ring (bicyclic) bond motifs is 2. The average Bonchev–Trinajstić information content (AvgIpc) is 3.37. The number of hydrogen-bond donors (Lipinski definition) is 0. The monoisotopic (exact) mass is 497 g/mol. The van der Waals surface area contributed by atoms with Crippen LogP contribution in [-0.4, -0.2) is 54.4 Å². The van der Waals surface area contributed by atoms with Gasteiger partial charge in [0.15, 0.2) is 11.7 Å². The van der Waals surface area contributed by atoms with E-state index < -0.39 is 0 Å². The van der Waals surface area contributed by atoms with Gasteiger partial charge in [0.05, 0.1) is 14.2 Å². The Morgan fingerprint density at radius 1 is 0.742 bits per heavy atom. The topological polar surface area (TPSA) is 80.8 Å². The van der Waals surface area contributed by atoms with Crippen LogP contribution >= 0.6 is 0 Å². The van der Waals surface area contributed by atoms with Gasteiger partial charge < -0.3 is 34.3 Å². The minimum atomic E-state index is -0.133. The minimum absolute atomic E-state index is 0. The van der Waals surface area contributed by atoms with Gasteiger partial charge in [-0.15, -0.1) is 0 Å². The third kappa shape index (κ3) is 4.43. The summed E-state index contributed by atoms with van der Waals surface area (Å²) in [5, 5.41) is 0. The van der Waals surface area contributed by atoms with Gasteiger partial charge in [0.25, 0.3) is 0 Å². The van der Waals surface area contributed by atoms with Crippen LogP contribution in [0.4, 0.5) is 0 Å². The van der Waals surface area contributed by atoms with Crippen molar-refractivity contribution >= 4 is 23.1 Å². The molecule has 0 amide bonds. The van der Waals surface area contributed by atoms with Crippen LogP contribution < -0.4 is 24.8 Å². The molecule has 3 heterocycles. The largest absolute Gasteiger partial charge is 2.00 e. The summed E-state index contributed by atoms with van der Waals surface area (Å²) in [6.07, 6.45) is 11.6. The van der Waals surface area contributed by atoms with Crippen molar-refractivity contribution in [2.75, 3.05) is 14.2 Å². The van der Waals surface area contributed by atoms with Crippen molar-refractivity contribution in [1.29, 1.82) is 0 Å². The second kappa shape index (κ2) is 10.2. The number of ether oxygens (including phenoxy) is 2. The molecule has 2 aliphatic heterocycles. The zero-order valence-electron chi connectivity index (χ0n) is 16.5. The number of amidine groups is 2. The molecule has 5 rings (SSSR count). The van der Waals surface area contributed by atoms with Crippen LogP contribution in [0.3, 0.4) is 0 Å². The average molecular weight is 498 g/mol. The van der Waals surface area contributed by atoms with Gasteiger partial charge >= 0.3 is 17.1 Å². The third-order valence-electron chi connectivity index (χ3n) is 4.77. The summed E-state index contributed by atoms with van der Waals surface area (Å²) in [4.78, 5) is 23.3. The first kappa shape index (κ1) is 24.8. The van der Waals surface area contributed by atoms with Crippen LogP contribution in [-0.2, 0) is 26.5 Å². The van der Waals surface area contributed by atoms with Crippen molar-refractivity contribution in [3.63, 3.8) is 0 Å². The molecule has 7 nitrogen and oxygen atoms in total. The maximum atomic E-state index is 5.39. The Labute approximate surface area is 202 Å². The summed E-state index contributed by atoms with van der Waals surface area (Å²) in [7, 11) is 3.27. The molecule has 2 unspecified atom stereocenters. The van der Waals surface area contributed by atoms with Crippen molar-refractivity contribution in [2.24, 2.45) is 20.0 Å². The molecule has 31 heavy (non-hydrogen) atoms. The van der Waals surface area contributed by atoms with E-state index in [4.69, 9.17) is 14.5 Å². The molecular weight excluding hydrogens is 481 g/mol. The van der Waals surface area contributed by atoms with E-state index in [2.05, 4.69) is 20.0 Å². The summed E-state index contributed by atoms with van der Waals surface area (Å²) < 4.78 is 10.8. The van der Waals surface area contributed by atoms with E-state index >= 15 is 0 Å². The molecule has 0 saturated heterocycles. The number of nitrogens with zero attached hydrogens (tertiary/aromatic N) is 5. The first-order chi connectivity index (χ1) is 13.8. The number of hydrogen-bond acceptors (Lipinski definition) is 7. The zero-order chi connectivity index (χ0) is 19.1. The van der Waals surface area contributed by atoms with Crippen LogP contribution in [0.2, 0.25) is 0 Å². The van der Waals surface area contributed by atoms with Crippen molar-refractivity contribution in [3.8, 4) is 0 Å². The van der Waals surface area contributed by atoms with E-state index in [1.807, 2.05) is 54.7 Å². The summed E-state index contributed by atoms with van der Waals surface area (Å²) >= 11 is 0. The summed E-state index contributed by atoms with van der Waals surface area (Å²) in [6, 6.07) is 5.43. The number of methoxy groups -OCH3 is 2. The molecule has 0 bridgehead atoms. The van der Waals surface area contributed by atoms with Crippen molar-refractivity contribution < 1.29 is 51.4 Å². The number of allylic oxidation sites excluding steroid dienone is 4. The number of pyridine rings is 1. The molecule has 0 radical (unpaired) electrons. The van der Waals surface area contributed by atoms with Crippen LogP contribution in [0.25, 0.3) is 0 Å². The number of aromatic nitrogens is 1. The fraction of sp³-hybridized carbons (Fsp3) is 0.190. The van der Waals surface area contributed by atoms with Gasteiger partial charge in [0.1, 0.15) is 46.4 Å². The van der Waals surface area contributed by atoms with E-state index in [0.29, 0.717) is 23.1 Å². The molecule has 0 spiro atoms. The maximum Gasteiger partial charge on any atom is 2.00 e. The quantitative estimate of drug-likeness (QED) is 0.404. The molecule has 0 N–H and O–H groups in total. The Morgan fingerprint density at radius 3 is 1.61 bits per heavy atom. The Hall–Kier alpha value is -2.51. The van der Waals surface area contributed by atoms with E-state index in [9.17, 15) is 0 Å². The SMILES string of the molecule is COC1=CC=CC2N=C(c3cccc(C4=NC5C=CC=C(OC)C5=N4)n3)N=C12.[Cl-].[Cl-].[Fe+2]. The Balaban J connectivity index is 0.00000114. The van der Waals surface area contributed by atoms with Crippen LogP contribution in [0.1, 0.15) is 11.4 Å². The summed E-state index contributed by atoms with van der Waals surface area (Å²) in [6.45, 7) is 0. The van der Waals surface area contributed by atoms with E-state index in [1.54, 1.807) is 14.2 Å². The fourth-order valence-corrected chi connectivity index (χ4v) is 3.42. The van der Waals surface area contributed by atoms with E-state index in [1.165, 1.54) is 0 Å². The second-order valence-corrected chi connectivity index (χ2v) is 6.44. The number of aliphatic imine (C=N–C) groups is 4. The molecule has 4 aliphatic rings. The summed E-state index contributed by atoms with van der Waals surface area (Å²) in [5.74, 6) is 2.61. The molecule has 0 fully saturated rings. The van der Waals surface area contributed by atoms with Crippen LogP contribution in [0.15, 0.2) is 86.1 Å². The van der Waals surface area contributed by atoms with Crippen molar-refractivity contribution in [3.05, 3.63) is 77.6 Å². The molecule has 0 saturated carbocycles. The predicted octanol–water partition coefficient (Wildman–Crippen LogP) is -3.57. The van der Waals surface area contributed by atoms with Crippen LogP contribution in [0.5, 0.6) is 0 Å². The van der Waals surface area contributed by atoms with Crippen molar-refractivity contribution in [2.45, 2.75) is 12.1 Å². The van der Waals surface area contributed by atoms with Gasteiger partial charge in [-0.1, -0.05) is 30.4 Å². The molecular formula is C21H17Cl2FeN5O2. The molecule has 1 aromatic heterocycles. The molecule has 2 atom stereocenters. The molecule has 10 heteroatoms. The number of rotatable bonds is 4. The van der Waals surface area contributed by atoms with Gasteiger partial charge in [-0.25, -0.2) is 15.0 Å². The zero-order valence-corrected chi connectivity index (χ0v) is 19.1. The number of halogens is 2. The van der Waals surface area contributed by atoms with E-state index in [0.717, 1.165) is 22.9 Å². The fourth-order valence-electron chi connectivity index (χ4n) is 3.42.